The van der Waals surface area contributed by atoms with Gasteiger partial charge in [0, 0.05) is 38.1 Å². The number of nitrogens with zero attached hydrogens (tertiary/aromatic N) is 6. The molecule has 4 fully saturated rings. The number of carboxylic acid groups (broad SMARTS) is 1. The summed E-state index contributed by atoms with van der Waals surface area (Å²) in [6.07, 6.45) is 13.9. The lowest BCUT2D eigenvalue weighted by Crippen LogP contribution is -2.49. The second-order valence-corrected chi connectivity index (χ2v) is 17.0. The number of imidazole rings is 2. The first-order chi connectivity index (χ1) is 28.2. The van der Waals surface area contributed by atoms with Gasteiger partial charge in [-0.25, -0.2) is 14.8 Å². The summed E-state index contributed by atoms with van der Waals surface area (Å²) in [5.74, 6) is 1.83. The van der Waals surface area contributed by atoms with Gasteiger partial charge in [0.1, 0.15) is 11.6 Å². The van der Waals surface area contributed by atoms with E-state index in [1.54, 1.807) is 7.05 Å². The Hall–Kier alpha value is -4.97. The topological polar surface area (TPSA) is 142 Å². The highest BCUT2D eigenvalue weighted by Crippen LogP contribution is 2.39. The van der Waals surface area contributed by atoms with Crippen molar-refractivity contribution in [2.24, 2.45) is 11.8 Å². The molecule has 0 unspecified atom stereocenters. The predicted octanol–water partition coefficient (Wildman–Crippen LogP) is 8.53. The number of amides is 3. The lowest BCUT2D eigenvalue weighted by Gasteiger charge is -2.38. The fraction of sp³-hybridized carbons (Fsp3) is 0.543. The van der Waals surface area contributed by atoms with E-state index in [1.807, 2.05) is 17.3 Å². The molecule has 3 N–H and O–H groups in total. The van der Waals surface area contributed by atoms with Crippen LogP contribution in [0.15, 0.2) is 60.9 Å². The SMILES string of the molecule is CCN(CC)C1CCC(C(=O)N2CCC[C@H]2c2ncc(-c3ccc(-c4ccc(-c5cnc([C@@H]6CCCN6C(=O)[C@H]6CCCC[C@H]6N(C)C(=O)O)[nH]5)cc4)cc3)[nH]2)CC1. The molecule has 2 aliphatic carbocycles. The number of nitrogens with one attached hydrogen (secondary N) is 2. The molecule has 58 heavy (non-hydrogen) atoms. The van der Waals surface area contributed by atoms with Crippen LogP contribution in [-0.2, 0) is 9.59 Å². The smallest absolute Gasteiger partial charge is 0.407 e. The van der Waals surface area contributed by atoms with Gasteiger partial charge in [0.05, 0.1) is 41.8 Å². The van der Waals surface area contributed by atoms with E-state index in [0.29, 0.717) is 24.9 Å². The quantitative estimate of drug-likeness (QED) is 0.138. The molecule has 2 saturated heterocycles. The van der Waals surface area contributed by atoms with Gasteiger partial charge < -0.3 is 34.7 Å². The highest BCUT2D eigenvalue weighted by Gasteiger charge is 2.42. The van der Waals surface area contributed by atoms with Gasteiger partial charge in [-0.05, 0) is 99.6 Å². The molecule has 8 rings (SSSR count). The van der Waals surface area contributed by atoms with Crippen molar-refractivity contribution in [1.29, 1.82) is 0 Å². The molecule has 2 aromatic heterocycles. The lowest BCUT2D eigenvalue weighted by atomic mass is 9.82. The molecular formula is C46H60N8O4. The predicted molar refractivity (Wildman–Crippen MR) is 225 cm³/mol. The third-order valence-corrected chi connectivity index (χ3v) is 13.8. The zero-order valence-electron chi connectivity index (χ0n) is 34.4. The Labute approximate surface area is 342 Å². The second kappa shape index (κ2) is 17.5. The zero-order valence-corrected chi connectivity index (χ0v) is 34.4. The molecule has 4 aromatic rings. The number of carbonyl (C=O) groups excluding carboxylic acids is 2. The average molecular weight is 789 g/mol. The van der Waals surface area contributed by atoms with Crippen LogP contribution in [-0.4, -0.2) is 108 Å². The maximum atomic E-state index is 13.9. The van der Waals surface area contributed by atoms with Crippen LogP contribution < -0.4 is 0 Å². The molecular weight excluding hydrogens is 729 g/mol. The van der Waals surface area contributed by atoms with Crippen LogP contribution in [0.25, 0.3) is 33.6 Å². The van der Waals surface area contributed by atoms with Gasteiger partial charge in [-0.15, -0.1) is 0 Å². The molecule has 0 bridgehead atoms. The first-order valence-electron chi connectivity index (χ1n) is 21.9. The Morgan fingerprint density at radius 1 is 0.655 bits per heavy atom. The van der Waals surface area contributed by atoms with Gasteiger partial charge in [-0.3, -0.25) is 9.59 Å². The standard InChI is InChI=1S/C46H60N8O4/c1-4-52(5-2)35-24-22-34(23-25-35)44(55)53-26-8-12-40(53)42-47-28-37(49-42)32-18-14-30(15-19-32)31-16-20-33(21-17-31)38-29-48-43(50-38)41-13-9-27-54(41)45(56)36-10-6-7-11-39(36)51(3)46(57)58/h14-21,28-29,34-36,39-41H,4-13,22-27H2,1-3H3,(H,47,49)(H,48,50)(H,57,58)/t34?,35?,36-,39+,40-,41-/m0/s1. The van der Waals surface area contributed by atoms with Crippen LogP contribution in [0, 0.1) is 11.8 Å². The first-order valence-corrected chi connectivity index (χ1v) is 21.9. The highest BCUT2D eigenvalue weighted by molar-refractivity contribution is 5.81. The van der Waals surface area contributed by atoms with Crippen molar-refractivity contribution in [2.75, 3.05) is 33.2 Å². The number of hydrogen-bond donors (Lipinski definition) is 3. The number of H-pyrrole nitrogens is 2. The maximum Gasteiger partial charge on any atom is 0.407 e. The normalized spacial score (nSPS) is 25.0. The summed E-state index contributed by atoms with van der Waals surface area (Å²) in [7, 11) is 1.59. The van der Waals surface area contributed by atoms with Crippen molar-refractivity contribution in [2.45, 2.75) is 115 Å². The third-order valence-electron chi connectivity index (χ3n) is 13.8. The summed E-state index contributed by atoms with van der Waals surface area (Å²) < 4.78 is 0. The molecule has 0 radical (unpaired) electrons. The summed E-state index contributed by atoms with van der Waals surface area (Å²) in [5.41, 5.74) is 6.15. The fourth-order valence-electron chi connectivity index (χ4n) is 10.5. The van der Waals surface area contributed by atoms with Gasteiger partial charge in [-0.2, -0.15) is 0 Å². The summed E-state index contributed by atoms with van der Waals surface area (Å²) >= 11 is 0. The Bertz CT molecular complexity index is 2030. The highest BCUT2D eigenvalue weighted by atomic mass is 16.4. The molecule has 2 saturated carbocycles. The number of rotatable bonds is 11. The van der Waals surface area contributed by atoms with Crippen molar-refractivity contribution in [3.63, 3.8) is 0 Å². The van der Waals surface area contributed by atoms with E-state index in [-0.39, 0.29) is 35.9 Å². The summed E-state index contributed by atoms with van der Waals surface area (Å²) in [4.78, 5) is 64.0. The monoisotopic (exact) mass is 788 g/mol. The van der Waals surface area contributed by atoms with Crippen LogP contribution in [0.1, 0.15) is 115 Å². The van der Waals surface area contributed by atoms with E-state index in [2.05, 4.69) is 82.1 Å². The fourth-order valence-corrected chi connectivity index (χ4v) is 10.5. The van der Waals surface area contributed by atoms with Gasteiger partial charge in [0.2, 0.25) is 11.8 Å². The zero-order chi connectivity index (χ0) is 40.3. The minimum atomic E-state index is -0.982. The minimum absolute atomic E-state index is 0.00660. The Morgan fingerprint density at radius 3 is 1.64 bits per heavy atom. The Kier molecular flexibility index (Phi) is 12.0. The number of benzene rings is 2. The van der Waals surface area contributed by atoms with E-state index >= 15 is 0 Å². The van der Waals surface area contributed by atoms with Crippen LogP contribution in [0.5, 0.6) is 0 Å². The number of hydrogen-bond acceptors (Lipinski definition) is 6. The molecule has 12 heteroatoms. The van der Waals surface area contributed by atoms with Gasteiger partial charge in [-0.1, -0.05) is 75.2 Å². The van der Waals surface area contributed by atoms with Crippen molar-refractivity contribution in [3.05, 3.63) is 72.6 Å². The lowest BCUT2D eigenvalue weighted by molar-refractivity contribution is -0.140. The molecule has 4 aliphatic rings. The van der Waals surface area contributed by atoms with Crippen LogP contribution >= 0.6 is 0 Å². The van der Waals surface area contributed by atoms with Crippen LogP contribution in [0.3, 0.4) is 0 Å². The Balaban J connectivity index is 0.887. The first kappa shape index (κ1) is 39.8. The molecule has 308 valence electrons. The molecule has 3 amide bonds. The molecule has 2 aromatic carbocycles. The molecule has 4 atom stereocenters. The largest absolute Gasteiger partial charge is 0.465 e. The van der Waals surface area contributed by atoms with Crippen molar-refractivity contribution >= 4 is 17.9 Å². The Morgan fingerprint density at radius 2 is 1.14 bits per heavy atom. The van der Waals surface area contributed by atoms with E-state index < -0.39 is 6.09 Å². The number of likely N-dealkylation sites (tertiary alicyclic amines) is 2. The molecule has 4 heterocycles. The van der Waals surface area contributed by atoms with Crippen LogP contribution in [0.2, 0.25) is 0 Å². The van der Waals surface area contributed by atoms with E-state index in [0.717, 1.165) is 136 Å². The summed E-state index contributed by atoms with van der Waals surface area (Å²) in [6.45, 7) is 8.08. The van der Waals surface area contributed by atoms with Gasteiger partial charge in [0.15, 0.2) is 0 Å². The number of aromatic nitrogens is 4. The van der Waals surface area contributed by atoms with Gasteiger partial charge in [0.25, 0.3) is 0 Å². The molecule has 0 spiro atoms. The maximum absolute atomic E-state index is 13.9. The van der Waals surface area contributed by atoms with Gasteiger partial charge >= 0.3 is 6.09 Å². The minimum Gasteiger partial charge on any atom is -0.465 e. The second-order valence-electron chi connectivity index (χ2n) is 17.0. The average Bonchev–Trinajstić information content (AvgIpc) is 4.11. The number of carbonyl (C=O) groups is 3. The van der Waals surface area contributed by atoms with E-state index in [4.69, 9.17) is 9.97 Å². The van der Waals surface area contributed by atoms with Crippen molar-refractivity contribution in [1.82, 2.24) is 39.5 Å². The van der Waals surface area contributed by atoms with E-state index in [1.165, 1.54) is 4.90 Å². The summed E-state index contributed by atoms with van der Waals surface area (Å²) in [5, 5.41) is 9.65. The number of aromatic amines is 2. The molecule has 2 aliphatic heterocycles. The van der Waals surface area contributed by atoms with E-state index in [9.17, 15) is 19.5 Å². The third kappa shape index (κ3) is 8.04. The van der Waals surface area contributed by atoms with Crippen molar-refractivity contribution < 1.29 is 19.5 Å². The van der Waals surface area contributed by atoms with Crippen molar-refractivity contribution in [3.8, 4) is 33.6 Å². The van der Waals surface area contributed by atoms with Crippen LogP contribution in [0.4, 0.5) is 4.79 Å². The summed E-state index contributed by atoms with van der Waals surface area (Å²) in [6, 6.07) is 17.1. The molecule has 12 nitrogen and oxygen atoms in total.